The van der Waals surface area contributed by atoms with Gasteiger partial charge in [-0.05, 0) is 46.1 Å². The Balaban J connectivity index is 2.33. The molecule has 0 amide bonds. The third kappa shape index (κ3) is 2.34. The van der Waals surface area contributed by atoms with E-state index in [0.717, 1.165) is 14.9 Å². The second-order valence-electron chi connectivity index (χ2n) is 3.65. The van der Waals surface area contributed by atoms with Gasteiger partial charge in [-0.15, -0.1) is 11.3 Å². The van der Waals surface area contributed by atoms with E-state index in [0.29, 0.717) is 5.56 Å². The van der Waals surface area contributed by atoms with Crippen molar-refractivity contribution in [3.63, 3.8) is 0 Å². The number of halogens is 2. The molecular formula is C12H11BrFNS. The number of benzene rings is 1. The van der Waals surface area contributed by atoms with Gasteiger partial charge in [0.25, 0.3) is 0 Å². The molecule has 84 valence electrons. The quantitative estimate of drug-likeness (QED) is 0.891. The lowest BCUT2D eigenvalue weighted by atomic mass is 10.0. The average Bonchev–Trinajstić information content (AvgIpc) is 2.68. The molecule has 0 spiro atoms. The maximum atomic E-state index is 13.1. The molecule has 0 bridgehead atoms. The van der Waals surface area contributed by atoms with E-state index < -0.39 is 0 Å². The minimum Gasteiger partial charge on any atom is -0.320 e. The number of hydrogen-bond acceptors (Lipinski definition) is 2. The fourth-order valence-electron chi connectivity index (χ4n) is 1.52. The molecule has 0 aliphatic carbocycles. The predicted octanol–water partition coefficient (Wildman–Crippen LogP) is 4.01. The first-order valence-electron chi connectivity index (χ1n) is 4.83. The van der Waals surface area contributed by atoms with Crippen molar-refractivity contribution in [1.82, 2.24) is 0 Å². The fraction of sp³-hybridized carbons (Fsp3) is 0.167. The van der Waals surface area contributed by atoms with Crippen molar-refractivity contribution >= 4 is 27.3 Å². The van der Waals surface area contributed by atoms with Gasteiger partial charge >= 0.3 is 0 Å². The van der Waals surface area contributed by atoms with Crippen LogP contribution in [0.25, 0.3) is 0 Å². The van der Waals surface area contributed by atoms with Gasteiger partial charge in [0.15, 0.2) is 0 Å². The van der Waals surface area contributed by atoms with E-state index in [9.17, 15) is 4.39 Å². The summed E-state index contributed by atoms with van der Waals surface area (Å²) in [6.07, 6.45) is 0. The van der Waals surface area contributed by atoms with Crippen LogP contribution in [0.5, 0.6) is 0 Å². The molecule has 1 heterocycles. The molecule has 0 fully saturated rings. The maximum absolute atomic E-state index is 13.1. The summed E-state index contributed by atoms with van der Waals surface area (Å²) in [7, 11) is 0. The lowest BCUT2D eigenvalue weighted by Gasteiger charge is -2.10. The zero-order valence-electron chi connectivity index (χ0n) is 8.71. The van der Waals surface area contributed by atoms with Crippen LogP contribution in [0.4, 0.5) is 4.39 Å². The number of nitrogens with two attached hydrogens (primary N) is 1. The Hall–Kier alpha value is -0.710. The van der Waals surface area contributed by atoms with Gasteiger partial charge in [-0.1, -0.05) is 12.1 Å². The average molecular weight is 300 g/mol. The zero-order chi connectivity index (χ0) is 11.7. The molecule has 0 aliphatic rings. The normalized spacial score (nSPS) is 12.8. The molecule has 1 nitrogen and oxygen atoms in total. The molecule has 2 N–H and O–H groups in total. The van der Waals surface area contributed by atoms with Gasteiger partial charge < -0.3 is 5.73 Å². The number of aryl methyl sites for hydroxylation is 1. The van der Waals surface area contributed by atoms with Gasteiger partial charge in [0.05, 0.1) is 6.04 Å². The molecular weight excluding hydrogens is 289 g/mol. The first-order valence-corrected chi connectivity index (χ1v) is 6.51. The third-order valence-corrected chi connectivity index (χ3v) is 4.21. The minimum atomic E-state index is -0.191. The van der Waals surface area contributed by atoms with E-state index in [2.05, 4.69) is 15.9 Å². The van der Waals surface area contributed by atoms with Gasteiger partial charge in [0.1, 0.15) is 5.82 Å². The maximum Gasteiger partial charge on any atom is 0.126 e. The Morgan fingerprint density at radius 1 is 1.38 bits per heavy atom. The molecule has 1 unspecified atom stereocenters. The molecule has 0 aliphatic heterocycles. The summed E-state index contributed by atoms with van der Waals surface area (Å²) >= 11 is 4.99. The molecule has 2 rings (SSSR count). The highest BCUT2D eigenvalue weighted by Crippen LogP contribution is 2.29. The van der Waals surface area contributed by atoms with Gasteiger partial charge in [0, 0.05) is 14.7 Å². The lowest BCUT2D eigenvalue weighted by Crippen LogP contribution is -2.10. The molecule has 2 aromatic rings. The van der Waals surface area contributed by atoms with E-state index in [1.165, 1.54) is 6.07 Å². The topological polar surface area (TPSA) is 26.0 Å². The van der Waals surface area contributed by atoms with Crippen molar-refractivity contribution in [2.75, 3.05) is 0 Å². The highest BCUT2D eigenvalue weighted by molar-refractivity contribution is 9.10. The second-order valence-corrected chi connectivity index (χ2v) is 5.51. The monoisotopic (exact) mass is 299 g/mol. The van der Waals surface area contributed by atoms with E-state index in [1.54, 1.807) is 30.4 Å². The molecule has 0 saturated heterocycles. The van der Waals surface area contributed by atoms with Crippen LogP contribution in [0.2, 0.25) is 0 Å². The Morgan fingerprint density at radius 2 is 2.12 bits per heavy atom. The van der Waals surface area contributed by atoms with Crippen LogP contribution in [0, 0.1) is 12.7 Å². The van der Waals surface area contributed by atoms with Crippen LogP contribution in [0.1, 0.15) is 22.0 Å². The van der Waals surface area contributed by atoms with Crippen molar-refractivity contribution < 1.29 is 4.39 Å². The first kappa shape index (κ1) is 11.8. The summed E-state index contributed by atoms with van der Waals surface area (Å²) in [5.41, 5.74) is 7.68. The SMILES string of the molecule is Cc1cc(C(N)c2cc(Br)cs2)ccc1F. The molecule has 0 saturated carbocycles. The summed E-state index contributed by atoms with van der Waals surface area (Å²) in [5.74, 6) is -0.191. The van der Waals surface area contributed by atoms with Crippen molar-refractivity contribution in [3.8, 4) is 0 Å². The van der Waals surface area contributed by atoms with Crippen LogP contribution in [0.15, 0.2) is 34.1 Å². The highest BCUT2D eigenvalue weighted by atomic mass is 79.9. The molecule has 0 radical (unpaired) electrons. The standard InChI is InChI=1S/C12H11BrFNS/c1-7-4-8(2-3-10(7)14)12(15)11-5-9(13)6-16-11/h2-6,12H,15H2,1H3. The van der Waals surface area contributed by atoms with Gasteiger partial charge in [0.2, 0.25) is 0 Å². The summed E-state index contributed by atoms with van der Waals surface area (Å²) in [4.78, 5) is 1.07. The summed E-state index contributed by atoms with van der Waals surface area (Å²) in [6, 6.07) is 6.81. The largest absolute Gasteiger partial charge is 0.320 e. The first-order chi connectivity index (χ1) is 7.58. The Morgan fingerprint density at radius 3 is 2.69 bits per heavy atom. The van der Waals surface area contributed by atoms with E-state index in [1.807, 2.05) is 11.4 Å². The summed E-state index contributed by atoms with van der Waals surface area (Å²) < 4.78 is 14.2. The fourth-order valence-corrected chi connectivity index (χ4v) is 2.99. The van der Waals surface area contributed by atoms with Crippen LogP contribution in [-0.4, -0.2) is 0 Å². The summed E-state index contributed by atoms with van der Waals surface area (Å²) in [6.45, 7) is 1.75. The van der Waals surface area contributed by atoms with Crippen molar-refractivity contribution in [2.45, 2.75) is 13.0 Å². The van der Waals surface area contributed by atoms with Crippen LogP contribution in [0.3, 0.4) is 0 Å². The number of thiophene rings is 1. The predicted molar refractivity (Wildman–Crippen MR) is 69.2 cm³/mol. The highest BCUT2D eigenvalue weighted by Gasteiger charge is 2.12. The van der Waals surface area contributed by atoms with Crippen LogP contribution in [-0.2, 0) is 0 Å². The molecule has 16 heavy (non-hydrogen) atoms. The molecule has 4 heteroatoms. The van der Waals surface area contributed by atoms with E-state index in [-0.39, 0.29) is 11.9 Å². The number of hydrogen-bond donors (Lipinski definition) is 1. The minimum absolute atomic E-state index is 0.185. The van der Waals surface area contributed by atoms with Crippen LogP contribution >= 0.6 is 27.3 Å². The molecule has 1 atom stereocenters. The molecule has 1 aromatic carbocycles. The van der Waals surface area contributed by atoms with Crippen molar-refractivity contribution in [3.05, 3.63) is 55.9 Å². The molecule has 1 aromatic heterocycles. The van der Waals surface area contributed by atoms with Crippen LogP contribution < -0.4 is 5.73 Å². The number of rotatable bonds is 2. The van der Waals surface area contributed by atoms with E-state index in [4.69, 9.17) is 5.73 Å². The van der Waals surface area contributed by atoms with Gasteiger partial charge in [-0.3, -0.25) is 0 Å². The Bertz CT molecular complexity index is 509. The second kappa shape index (κ2) is 4.65. The zero-order valence-corrected chi connectivity index (χ0v) is 11.1. The Labute approximate surface area is 106 Å². The smallest absolute Gasteiger partial charge is 0.126 e. The lowest BCUT2D eigenvalue weighted by molar-refractivity contribution is 0.617. The Kier molecular flexibility index (Phi) is 3.42. The van der Waals surface area contributed by atoms with Crippen molar-refractivity contribution in [1.29, 1.82) is 0 Å². The van der Waals surface area contributed by atoms with Crippen molar-refractivity contribution in [2.24, 2.45) is 5.73 Å². The third-order valence-electron chi connectivity index (χ3n) is 2.44. The summed E-state index contributed by atoms with van der Waals surface area (Å²) in [5, 5.41) is 1.99. The van der Waals surface area contributed by atoms with Gasteiger partial charge in [-0.25, -0.2) is 4.39 Å². The van der Waals surface area contributed by atoms with E-state index >= 15 is 0 Å². The van der Waals surface area contributed by atoms with Gasteiger partial charge in [-0.2, -0.15) is 0 Å².